The highest BCUT2D eigenvalue weighted by Gasteiger charge is 2.08. The van der Waals surface area contributed by atoms with E-state index in [0.717, 1.165) is 12.2 Å². The first-order chi connectivity index (χ1) is 4.88. The molecule has 0 unspecified atom stereocenters. The van der Waals surface area contributed by atoms with Crippen molar-refractivity contribution >= 4 is 0 Å². The molecule has 56 valence electrons. The minimum atomic E-state index is 0.398. The minimum absolute atomic E-state index is 0.398. The molecule has 0 aliphatic heterocycles. The average Bonchev–Trinajstić information content (AvgIpc) is 2.43. The highest BCUT2D eigenvalue weighted by atomic mass is 16.3. The molecule has 0 aliphatic rings. The zero-order chi connectivity index (χ0) is 7.40. The summed E-state index contributed by atoms with van der Waals surface area (Å²) in [5, 5.41) is 0. The molecular formula is C8H13NO. The normalized spacial score (nSPS) is 13.4. The highest BCUT2D eigenvalue weighted by Crippen LogP contribution is 2.17. The summed E-state index contributed by atoms with van der Waals surface area (Å²) < 4.78 is 5.20. The fraction of sp³-hybridized carbons (Fsp3) is 0.500. The van der Waals surface area contributed by atoms with E-state index in [1.165, 1.54) is 0 Å². The van der Waals surface area contributed by atoms with E-state index in [1.54, 1.807) is 6.26 Å². The molecule has 1 aromatic heterocycles. The SMILES string of the molecule is CC[C@@H](CN)c1ccco1. The van der Waals surface area contributed by atoms with Gasteiger partial charge in [0.2, 0.25) is 0 Å². The van der Waals surface area contributed by atoms with Crippen LogP contribution in [-0.4, -0.2) is 6.54 Å². The average molecular weight is 139 g/mol. The Bertz CT molecular complexity index is 165. The summed E-state index contributed by atoms with van der Waals surface area (Å²) in [4.78, 5) is 0. The van der Waals surface area contributed by atoms with E-state index >= 15 is 0 Å². The molecule has 1 heterocycles. The molecule has 0 bridgehead atoms. The lowest BCUT2D eigenvalue weighted by molar-refractivity contribution is 0.457. The summed E-state index contributed by atoms with van der Waals surface area (Å²) >= 11 is 0. The van der Waals surface area contributed by atoms with Crippen molar-refractivity contribution in [2.45, 2.75) is 19.3 Å². The van der Waals surface area contributed by atoms with Crippen molar-refractivity contribution in [3.63, 3.8) is 0 Å². The van der Waals surface area contributed by atoms with Crippen molar-refractivity contribution < 1.29 is 4.42 Å². The summed E-state index contributed by atoms with van der Waals surface area (Å²) in [5.41, 5.74) is 5.51. The molecule has 1 rings (SSSR count). The number of hydrogen-bond acceptors (Lipinski definition) is 2. The van der Waals surface area contributed by atoms with Gasteiger partial charge in [-0.15, -0.1) is 0 Å². The number of hydrogen-bond donors (Lipinski definition) is 1. The first kappa shape index (κ1) is 7.35. The molecule has 0 aliphatic carbocycles. The van der Waals surface area contributed by atoms with Gasteiger partial charge in [0.05, 0.1) is 6.26 Å². The molecule has 10 heavy (non-hydrogen) atoms. The van der Waals surface area contributed by atoms with Crippen LogP contribution < -0.4 is 5.73 Å². The second-order valence-corrected chi connectivity index (χ2v) is 2.36. The third-order valence-corrected chi connectivity index (χ3v) is 1.72. The van der Waals surface area contributed by atoms with Crippen LogP contribution in [0.1, 0.15) is 25.0 Å². The van der Waals surface area contributed by atoms with Crippen molar-refractivity contribution in [3.8, 4) is 0 Å². The van der Waals surface area contributed by atoms with Gasteiger partial charge >= 0.3 is 0 Å². The van der Waals surface area contributed by atoms with Gasteiger partial charge in [-0.1, -0.05) is 6.92 Å². The van der Waals surface area contributed by atoms with Crippen LogP contribution in [0.4, 0.5) is 0 Å². The molecule has 0 aromatic carbocycles. The van der Waals surface area contributed by atoms with Gasteiger partial charge in [0.1, 0.15) is 5.76 Å². The molecule has 0 fully saturated rings. The van der Waals surface area contributed by atoms with Crippen molar-refractivity contribution in [1.29, 1.82) is 0 Å². The molecule has 2 nitrogen and oxygen atoms in total. The molecule has 0 spiro atoms. The predicted octanol–water partition coefficient (Wildman–Crippen LogP) is 1.73. The van der Waals surface area contributed by atoms with Crippen LogP contribution in [0.25, 0.3) is 0 Å². The quantitative estimate of drug-likeness (QED) is 0.692. The first-order valence-corrected chi connectivity index (χ1v) is 3.62. The lowest BCUT2D eigenvalue weighted by atomic mass is 10.0. The Morgan fingerprint density at radius 2 is 2.50 bits per heavy atom. The number of furan rings is 1. The van der Waals surface area contributed by atoms with E-state index in [4.69, 9.17) is 10.2 Å². The second-order valence-electron chi connectivity index (χ2n) is 2.36. The summed E-state index contributed by atoms with van der Waals surface area (Å²) in [7, 11) is 0. The molecule has 1 atom stereocenters. The summed E-state index contributed by atoms with van der Waals surface area (Å²) in [6.45, 7) is 2.78. The second kappa shape index (κ2) is 3.42. The topological polar surface area (TPSA) is 39.2 Å². The molecule has 1 aromatic rings. The zero-order valence-corrected chi connectivity index (χ0v) is 6.21. The monoisotopic (exact) mass is 139 g/mol. The lowest BCUT2D eigenvalue weighted by Gasteiger charge is -2.06. The van der Waals surface area contributed by atoms with Crippen molar-refractivity contribution in [2.75, 3.05) is 6.54 Å². The van der Waals surface area contributed by atoms with Crippen molar-refractivity contribution in [2.24, 2.45) is 5.73 Å². The van der Waals surface area contributed by atoms with Gasteiger partial charge < -0.3 is 10.2 Å². The maximum absolute atomic E-state index is 5.51. The van der Waals surface area contributed by atoms with Crippen LogP contribution in [0.2, 0.25) is 0 Å². The van der Waals surface area contributed by atoms with Gasteiger partial charge in [-0.3, -0.25) is 0 Å². The Labute approximate surface area is 61.0 Å². The van der Waals surface area contributed by atoms with Crippen LogP contribution >= 0.6 is 0 Å². The molecule has 0 saturated carbocycles. The number of nitrogens with two attached hydrogens (primary N) is 1. The van der Waals surface area contributed by atoms with E-state index in [0.29, 0.717) is 12.5 Å². The maximum atomic E-state index is 5.51. The molecule has 2 N–H and O–H groups in total. The summed E-state index contributed by atoms with van der Waals surface area (Å²) in [5.74, 6) is 1.40. The standard InChI is InChI=1S/C8H13NO/c1-2-7(6-9)8-4-3-5-10-8/h3-5,7H,2,6,9H2,1H3/t7-/m0/s1. The van der Waals surface area contributed by atoms with Crippen LogP contribution in [0.3, 0.4) is 0 Å². The maximum Gasteiger partial charge on any atom is 0.108 e. The van der Waals surface area contributed by atoms with E-state index in [-0.39, 0.29) is 0 Å². The molecule has 0 radical (unpaired) electrons. The fourth-order valence-electron chi connectivity index (χ4n) is 1.01. The predicted molar refractivity (Wildman–Crippen MR) is 40.8 cm³/mol. The smallest absolute Gasteiger partial charge is 0.108 e. The van der Waals surface area contributed by atoms with Gasteiger partial charge in [-0.25, -0.2) is 0 Å². The Morgan fingerprint density at radius 1 is 1.70 bits per heavy atom. The van der Waals surface area contributed by atoms with Gasteiger partial charge in [0.15, 0.2) is 0 Å². The molecule has 0 amide bonds. The Hall–Kier alpha value is -0.760. The van der Waals surface area contributed by atoms with E-state index in [9.17, 15) is 0 Å². The van der Waals surface area contributed by atoms with Crippen LogP contribution in [0.5, 0.6) is 0 Å². The fourth-order valence-corrected chi connectivity index (χ4v) is 1.01. The number of rotatable bonds is 3. The third kappa shape index (κ3) is 1.39. The van der Waals surface area contributed by atoms with Crippen LogP contribution in [0.15, 0.2) is 22.8 Å². The Balaban J connectivity index is 2.64. The van der Waals surface area contributed by atoms with E-state index in [1.807, 2.05) is 12.1 Å². The summed E-state index contributed by atoms with van der Waals surface area (Å²) in [6.07, 6.45) is 2.73. The van der Waals surface area contributed by atoms with Crippen LogP contribution in [0, 0.1) is 0 Å². The third-order valence-electron chi connectivity index (χ3n) is 1.72. The van der Waals surface area contributed by atoms with Crippen LogP contribution in [-0.2, 0) is 0 Å². The minimum Gasteiger partial charge on any atom is -0.469 e. The highest BCUT2D eigenvalue weighted by molar-refractivity contribution is 5.05. The summed E-state index contributed by atoms with van der Waals surface area (Å²) in [6, 6.07) is 3.87. The molecule has 0 saturated heterocycles. The first-order valence-electron chi connectivity index (χ1n) is 3.62. The Morgan fingerprint density at radius 3 is 2.90 bits per heavy atom. The zero-order valence-electron chi connectivity index (χ0n) is 6.21. The van der Waals surface area contributed by atoms with Gasteiger partial charge in [0.25, 0.3) is 0 Å². The lowest BCUT2D eigenvalue weighted by Crippen LogP contribution is -2.10. The molecule has 2 heteroatoms. The van der Waals surface area contributed by atoms with Gasteiger partial charge in [-0.2, -0.15) is 0 Å². The Kier molecular flexibility index (Phi) is 2.51. The van der Waals surface area contributed by atoms with E-state index in [2.05, 4.69) is 6.92 Å². The van der Waals surface area contributed by atoms with Crippen molar-refractivity contribution in [3.05, 3.63) is 24.2 Å². The van der Waals surface area contributed by atoms with Crippen molar-refractivity contribution in [1.82, 2.24) is 0 Å². The largest absolute Gasteiger partial charge is 0.469 e. The van der Waals surface area contributed by atoms with E-state index < -0.39 is 0 Å². The van der Waals surface area contributed by atoms with Gasteiger partial charge in [0, 0.05) is 12.5 Å². The van der Waals surface area contributed by atoms with Gasteiger partial charge in [-0.05, 0) is 18.6 Å². The molecular weight excluding hydrogens is 126 g/mol.